The van der Waals surface area contributed by atoms with Gasteiger partial charge in [0.15, 0.2) is 17.7 Å². The van der Waals surface area contributed by atoms with Crippen LogP contribution in [0.25, 0.3) is 10.9 Å². The molecule has 0 spiro atoms. The first-order valence-electron chi connectivity index (χ1n) is 12.1. The maximum atomic E-state index is 13.1. The number of nitrogens with zero attached hydrogens (tertiary/aromatic N) is 3. The van der Waals surface area contributed by atoms with E-state index in [-0.39, 0.29) is 40.6 Å². The minimum absolute atomic E-state index is 0.00147. The quantitative estimate of drug-likeness (QED) is 0.255. The minimum Gasteiger partial charge on any atom is -0.479 e. The molecule has 4 atom stereocenters. The average Bonchev–Trinajstić information content (AvgIpc) is 3.54. The van der Waals surface area contributed by atoms with Crippen LogP contribution in [0.4, 0.5) is 5.82 Å². The van der Waals surface area contributed by atoms with Crippen molar-refractivity contribution in [1.82, 2.24) is 15.2 Å². The molecular weight excluding hydrogens is 528 g/mol. The number of rotatable bonds is 7. The van der Waals surface area contributed by atoms with Crippen LogP contribution in [0.5, 0.6) is 5.88 Å². The molecule has 14 nitrogen and oxygen atoms in total. The monoisotopic (exact) mass is 552 g/mol. The highest BCUT2D eigenvalue weighted by atomic mass is 16.6. The maximum absolute atomic E-state index is 13.1. The number of methoxy groups -OCH3 is 1. The molecule has 1 aromatic carbocycles. The molecule has 0 saturated carbocycles. The highest BCUT2D eigenvalue weighted by Crippen LogP contribution is 2.42. The first-order chi connectivity index (χ1) is 19.1. The number of anilines is 1. The third kappa shape index (κ3) is 4.62. The number of benzene rings is 1. The molecule has 2 aromatic heterocycles. The van der Waals surface area contributed by atoms with Gasteiger partial charge in [-0.1, -0.05) is 12.1 Å². The molecule has 0 bridgehead atoms. The van der Waals surface area contributed by atoms with E-state index in [0.717, 1.165) is 4.90 Å². The molecule has 2 aliphatic rings. The first kappa shape index (κ1) is 26.7. The summed E-state index contributed by atoms with van der Waals surface area (Å²) < 4.78 is 27.5. The summed E-state index contributed by atoms with van der Waals surface area (Å²) in [5.41, 5.74) is 0.942. The molecule has 1 N–H and O–H groups in total. The molecule has 14 heteroatoms. The van der Waals surface area contributed by atoms with Gasteiger partial charge in [0.05, 0.1) is 23.9 Å². The van der Waals surface area contributed by atoms with E-state index in [0.29, 0.717) is 5.39 Å². The number of hydrogen-bond acceptors (Lipinski definition) is 12. The molecule has 2 amide bonds. The van der Waals surface area contributed by atoms with Crippen molar-refractivity contribution in [3.05, 3.63) is 47.2 Å². The Hall–Kier alpha value is -4.85. The highest BCUT2D eigenvalue weighted by Gasteiger charge is 2.51. The number of pyridine rings is 1. The van der Waals surface area contributed by atoms with Gasteiger partial charge in [-0.15, -0.1) is 0 Å². The van der Waals surface area contributed by atoms with Crippen LogP contribution >= 0.6 is 0 Å². The van der Waals surface area contributed by atoms with E-state index in [1.165, 1.54) is 33.9 Å². The third-order valence-electron chi connectivity index (χ3n) is 6.39. The van der Waals surface area contributed by atoms with E-state index >= 15 is 0 Å². The van der Waals surface area contributed by atoms with Crippen LogP contribution in [0.1, 0.15) is 53.3 Å². The zero-order chi connectivity index (χ0) is 28.7. The van der Waals surface area contributed by atoms with Gasteiger partial charge < -0.3 is 23.7 Å². The number of amides is 2. The predicted molar refractivity (Wildman–Crippen MR) is 133 cm³/mol. The van der Waals surface area contributed by atoms with Crippen LogP contribution in [0.3, 0.4) is 0 Å². The number of aromatic amines is 1. The summed E-state index contributed by atoms with van der Waals surface area (Å²) in [5.74, 6) is -3.11. The van der Waals surface area contributed by atoms with Crippen LogP contribution in [-0.4, -0.2) is 76.9 Å². The lowest BCUT2D eigenvalue weighted by atomic mass is 10.0. The highest BCUT2D eigenvalue weighted by molar-refractivity contribution is 6.34. The van der Waals surface area contributed by atoms with Crippen molar-refractivity contribution < 1.29 is 47.7 Å². The second-order valence-electron chi connectivity index (χ2n) is 9.06. The largest absolute Gasteiger partial charge is 0.479 e. The molecule has 1 fully saturated rings. The van der Waals surface area contributed by atoms with Crippen molar-refractivity contribution in [2.24, 2.45) is 0 Å². The molecule has 3 aromatic rings. The number of carbonyl (C=O) groups excluding carboxylic acids is 5. The number of carbonyl (C=O) groups is 5. The van der Waals surface area contributed by atoms with E-state index < -0.39 is 54.1 Å². The Bertz CT molecular complexity index is 1510. The lowest BCUT2D eigenvalue weighted by Gasteiger charge is -2.23. The Balaban J connectivity index is 1.60. The van der Waals surface area contributed by atoms with E-state index in [1.807, 2.05) is 0 Å². The van der Waals surface area contributed by atoms with Crippen molar-refractivity contribution in [3.8, 4) is 5.88 Å². The molecule has 0 radical (unpaired) electrons. The third-order valence-corrected chi connectivity index (χ3v) is 6.39. The van der Waals surface area contributed by atoms with Gasteiger partial charge in [0.2, 0.25) is 5.88 Å². The van der Waals surface area contributed by atoms with Gasteiger partial charge in [0, 0.05) is 26.2 Å². The lowest BCUT2D eigenvalue weighted by Crippen LogP contribution is -2.40. The molecule has 5 rings (SSSR count). The van der Waals surface area contributed by atoms with Crippen LogP contribution < -0.4 is 9.64 Å². The molecule has 1 saturated heterocycles. The van der Waals surface area contributed by atoms with Crippen LogP contribution in [-0.2, 0) is 33.3 Å². The Morgan fingerprint density at radius 2 is 1.60 bits per heavy atom. The smallest absolute Gasteiger partial charge is 0.303 e. The van der Waals surface area contributed by atoms with Gasteiger partial charge in [0.1, 0.15) is 24.6 Å². The molecule has 2 unspecified atom stereocenters. The van der Waals surface area contributed by atoms with E-state index in [2.05, 4.69) is 15.2 Å². The number of ether oxygens (including phenoxy) is 5. The number of esters is 3. The van der Waals surface area contributed by atoms with Gasteiger partial charge in [-0.05, 0) is 18.2 Å². The van der Waals surface area contributed by atoms with Gasteiger partial charge >= 0.3 is 17.9 Å². The normalized spacial score (nSPS) is 21.9. The molecular formula is C26H24N4O10. The molecule has 208 valence electrons. The summed E-state index contributed by atoms with van der Waals surface area (Å²) >= 11 is 0. The number of hydrogen-bond donors (Lipinski definition) is 1. The van der Waals surface area contributed by atoms with Gasteiger partial charge in [-0.3, -0.25) is 29.1 Å². The van der Waals surface area contributed by atoms with E-state index in [9.17, 15) is 24.0 Å². The van der Waals surface area contributed by atoms with Gasteiger partial charge in [-0.2, -0.15) is 10.1 Å². The first-order valence-corrected chi connectivity index (χ1v) is 12.1. The van der Waals surface area contributed by atoms with Crippen molar-refractivity contribution in [2.45, 2.75) is 45.2 Å². The number of imide groups is 1. The molecule has 2 aliphatic heterocycles. The van der Waals surface area contributed by atoms with Crippen molar-refractivity contribution in [3.63, 3.8) is 0 Å². The summed E-state index contributed by atoms with van der Waals surface area (Å²) in [6.45, 7) is 3.27. The van der Waals surface area contributed by atoms with Crippen molar-refractivity contribution >= 4 is 46.4 Å². The van der Waals surface area contributed by atoms with Crippen molar-refractivity contribution in [2.75, 3.05) is 18.6 Å². The second kappa shape index (κ2) is 10.4. The summed E-state index contributed by atoms with van der Waals surface area (Å²) in [6.07, 6.45) is -4.41. The lowest BCUT2D eigenvalue weighted by molar-refractivity contribution is -0.165. The summed E-state index contributed by atoms with van der Waals surface area (Å²) in [4.78, 5) is 67.0. The predicted octanol–water partition coefficient (Wildman–Crippen LogP) is 1.63. The standard InChI is InChI=1S/C26H24N4O10/c1-11(31)37-10-17-21(38-12(2)32)23(39-13(3)33)22(40-17)19-16-9-18(27-24(36-4)20(16)29-28-19)30-25(34)14-7-5-6-8-15(14)26(30)35/h5-9,17,21-23H,10H2,1-4H3,(H,28,29)/t17-,21?,22+,23?/m1/s1. The second-order valence-corrected chi connectivity index (χ2v) is 9.06. The van der Waals surface area contributed by atoms with Gasteiger partial charge in [-0.25, -0.2) is 4.90 Å². The Morgan fingerprint density at radius 3 is 2.17 bits per heavy atom. The number of nitrogens with one attached hydrogen (secondary N) is 1. The number of aromatic nitrogens is 3. The Kier molecular flexibility index (Phi) is 6.94. The summed E-state index contributed by atoms with van der Waals surface area (Å²) in [5, 5.41) is 7.42. The maximum Gasteiger partial charge on any atom is 0.303 e. The fourth-order valence-electron chi connectivity index (χ4n) is 4.81. The van der Waals surface area contributed by atoms with Crippen LogP contribution in [0, 0.1) is 0 Å². The Morgan fingerprint density at radius 1 is 0.975 bits per heavy atom. The van der Waals surface area contributed by atoms with Crippen LogP contribution in [0.2, 0.25) is 0 Å². The fraction of sp³-hybridized carbons (Fsp3) is 0.346. The molecule has 0 aliphatic carbocycles. The SMILES string of the molecule is COc1nc(N2C(=O)c3ccccc3C2=O)cc2c([C@@H]3O[C@H](COC(C)=O)C(OC(C)=O)C3OC(C)=O)[nH]nc12. The Labute approximate surface area is 226 Å². The number of fused-ring (bicyclic) bond motifs is 2. The van der Waals surface area contributed by atoms with E-state index in [1.54, 1.807) is 24.3 Å². The summed E-state index contributed by atoms with van der Waals surface area (Å²) in [6, 6.07) is 7.84. The summed E-state index contributed by atoms with van der Waals surface area (Å²) in [7, 11) is 1.35. The average molecular weight is 552 g/mol. The van der Waals surface area contributed by atoms with Gasteiger partial charge in [0.25, 0.3) is 11.8 Å². The van der Waals surface area contributed by atoms with E-state index in [4.69, 9.17) is 23.7 Å². The minimum atomic E-state index is -1.17. The zero-order valence-electron chi connectivity index (χ0n) is 21.8. The molecule has 40 heavy (non-hydrogen) atoms. The fourth-order valence-corrected chi connectivity index (χ4v) is 4.81. The zero-order valence-corrected chi connectivity index (χ0v) is 21.8. The van der Waals surface area contributed by atoms with Crippen LogP contribution in [0.15, 0.2) is 30.3 Å². The van der Waals surface area contributed by atoms with Crippen molar-refractivity contribution in [1.29, 1.82) is 0 Å². The topological polar surface area (TPSA) is 176 Å². The number of H-pyrrole nitrogens is 1. The molecule has 4 heterocycles.